The van der Waals surface area contributed by atoms with Crippen LogP contribution in [-0.2, 0) is 33.1 Å². The van der Waals surface area contributed by atoms with Crippen LogP contribution >= 0.6 is 0 Å². The molecule has 2 aromatic rings. The van der Waals surface area contributed by atoms with E-state index in [-0.39, 0.29) is 56.5 Å². The van der Waals surface area contributed by atoms with Gasteiger partial charge in [0.25, 0.3) is 0 Å². The predicted octanol–water partition coefficient (Wildman–Crippen LogP) is 9.19. The second kappa shape index (κ2) is 14.2. The molecule has 0 aromatic heterocycles. The van der Waals surface area contributed by atoms with Crippen LogP contribution in [0.4, 0.5) is 0 Å². The highest BCUT2D eigenvalue weighted by molar-refractivity contribution is 5.65. The van der Waals surface area contributed by atoms with Gasteiger partial charge in [0.1, 0.15) is 36.6 Å². The highest BCUT2D eigenvalue weighted by Gasteiger charge is 2.84. The van der Waals surface area contributed by atoms with Crippen LogP contribution in [0.2, 0.25) is 0 Å². The van der Waals surface area contributed by atoms with Crippen LogP contribution in [0.15, 0.2) is 24.3 Å². The summed E-state index contributed by atoms with van der Waals surface area (Å²) in [6.45, 7) is 22.6. The topological polar surface area (TPSA) is 102 Å². The summed E-state index contributed by atoms with van der Waals surface area (Å²) in [6, 6.07) is 9.89. The molecule has 8 bridgehead atoms. The average molecular weight is 961 g/mol. The van der Waals surface area contributed by atoms with Crippen molar-refractivity contribution in [2.45, 2.75) is 203 Å². The Morgan fingerprint density at radius 3 is 1.33 bits per heavy atom. The minimum atomic E-state index is -0.964. The van der Waals surface area contributed by atoms with Gasteiger partial charge in [-0.05, 0) is 163 Å². The summed E-state index contributed by atoms with van der Waals surface area (Å²) in [4.78, 5) is 5.76. The van der Waals surface area contributed by atoms with Crippen molar-refractivity contribution in [1.82, 2.24) is 9.80 Å². The number of aliphatic hydroxyl groups is 2. The van der Waals surface area contributed by atoms with E-state index in [9.17, 15) is 10.2 Å². The third-order valence-corrected chi connectivity index (χ3v) is 24.3. The molecule has 2 saturated heterocycles. The number of hydrogen-bond acceptors (Lipinski definition) is 10. The smallest absolute Gasteiger partial charge is 0.165 e. The van der Waals surface area contributed by atoms with E-state index in [4.69, 9.17) is 28.4 Å². The van der Waals surface area contributed by atoms with Gasteiger partial charge in [-0.25, -0.2) is 0 Å². The third-order valence-electron chi connectivity index (χ3n) is 24.3. The number of ether oxygens (including phenoxy) is 6. The molecule has 10 nitrogen and oxygen atoms in total. The minimum absolute atomic E-state index is 0.0212. The summed E-state index contributed by atoms with van der Waals surface area (Å²) < 4.78 is 42.7. The second-order valence-corrected chi connectivity index (χ2v) is 28.2. The average Bonchev–Trinajstić information content (AvgIpc) is 4.26. The maximum absolute atomic E-state index is 12.8. The summed E-state index contributed by atoms with van der Waals surface area (Å²) in [5.74, 6) is 4.90. The molecular formula is C60H84N2O8. The normalized spacial score (nSPS) is 43.1. The fourth-order valence-electron chi connectivity index (χ4n) is 19.7. The quantitative estimate of drug-likeness (QED) is 0.189. The van der Waals surface area contributed by atoms with Crippen LogP contribution in [0.3, 0.4) is 0 Å². The highest BCUT2D eigenvalue weighted by Crippen LogP contribution is 2.80. The van der Waals surface area contributed by atoms with Gasteiger partial charge in [0, 0.05) is 84.0 Å². The Labute approximate surface area is 418 Å². The van der Waals surface area contributed by atoms with Crippen LogP contribution in [0.1, 0.15) is 155 Å². The lowest BCUT2D eigenvalue weighted by Gasteiger charge is -2.75. The Bertz CT molecular complexity index is 2350. The van der Waals surface area contributed by atoms with E-state index in [0.717, 1.165) is 112 Å². The van der Waals surface area contributed by atoms with Crippen molar-refractivity contribution in [3.8, 4) is 23.0 Å². The number of fused-ring (bicyclic) bond motifs is 4. The molecule has 4 heterocycles. The zero-order chi connectivity index (χ0) is 48.6. The molecule has 10 fully saturated rings. The number of likely N-dealkylation sites (tertiary alicyclic amines) is 2. The van der Waals surface area contributed by atoms with Gasteiger partial charge in [0.2, 0.25) is 0 Å². The Hall–Kier alpha value is -2.60. The van der Waals surface area contributed by atoms with E-state index in [0.29, 0.717) is 25.3 Å². The Kier molecular flexibility index (Phi) is 9.33. The summed E-state index contributed by atoms with van der Waals surface area (Å²) in [5, 5.41) is 25.6. The van der Waals surface area contributed by atoms with Gasteiger partial charge in [-0.2, -0.15) is 0 Å². The molecule has 2 N–H and O–H groups in total. The molecule has 10 aliphatic carbocycles. The van der Waals surface area contributed by atoms with Crippen molar-refractivity contribution < 1.29 is 38.6 Å². The maximum atomic E-state index is 12.8. The van der Waals surface area contributed by atoms with Crippen molar-refractivity contribution in [3.05, 3.63) is 46.5 Å². The lowest BCUT2D eigenvalue weighted by atomic mass is 9.33. The van der Waals surface area contributed by atoms with E-state index in [1.165, 1.54) is 61.0 Å². The van der Waals surface area contributed by atoms with Crippen LogP contribution in [0.5, 0.6) is 23.0 Å². The number of benzene rings is 2. The molecule has 10 heteroatoms. The Morgan fingerprint density at radius 1 is 0.571 bits per heavy atom. The first kappa shape index (κ1) is 46.0. The van der Waals surface area contributed by atoms with Crippen LogP contribution in [0.25, 0.3) is 0 Å². The second-order valence-electron chi connectivity index (χ2n) is 28.2. The van der Waals surface area contributed by atoms with Crippen molar-refractivity contribution in [2.75, 3.05) is 53.6 Å². The van der Waals surface area contributed by atoms with Gasteiger partial charge in [0.05, 0.1) is 11.2 Å². The zero-order valence-corrected chi connectivity index (χ0v) is 44.3. The lowest BCUT2D eigenvalue weighted by molar-refractivity contribution is -0.312. The SMILES string of the molecule is COC12CC[C@@]3(C[C@@H]1[C@](C)(O)C(C)(C)C)[C@H]1Cc4ccc(OCCOc5ccc6c7c5O[C@H]5C8(OC)CC[C@@]9(C[C@@H]8[C@](C)(O)C(C)(C)C)[C@@H](C6)N(CC6CC6)CC[C@]759)c5c4[C@@]3(CCN1CC1CC1)[C@H]2O5. The first-order chi connectivity index (χ1) is 33.2. The molecule has 14 atom stereocenters. The minimum Gasteiger partial charge on any atom is -0.486 e. The molecular weight excluding hydrogens is 877 g/mol. The highest BCUT2D eigenvalue weighted by atomic mass is 16.6. The first-order valence-electron chi connectivity index (χ1n) is 28.1. The fourth-order valence-corrected chi connectivity index (χ4v) is 19.7. The predicted molar refractivity (Wildman–Crippen MR) is 268 cm³/mol. The Morgan fingerprint density at radius 2 is 0.971 bits per heavy atom. The van der Waals surface area contributed by atoms with Gasteiger partial charge in [-0.1, -0.05) is 53.7 Å². The molecule has 0 radical (unpaired) electrons. The van der Waals surface area contributed by atoms with Crippen molar-refractivity contribution in [3.63, 3.8) is 0 Å². The molecule has 2 aromatic carbocycles. The molecule has 382 valence electrons. The number of piperidine rings is 2. The van der Waals surface area contributed by atoms with Gasteiger partial charge in [0.15, 0.2) is 23.0 Å². The van der Waals surface area contributed by atoms with E-state index in [1.807, 2.05) is 14.2 Å². The number of methoxy groups -OCH3 is 2. The largest absolute Gasteiger partial charge is 0.486 e. The van der Waals surface area contributed by atoms with Crippen molar-refractivity contribution in [1.29, 1.82) is 0 Å². The van der Waals surface area contributed by atoms with E-state index in [1.54, 1.807) is 0 Å². The number of hydrogen-bond donors (Lipinski definition) is 2. The van der Waals surface area contributed by atoms with Gasteiger partial charge in [-0.15, -0.1) is 0 Å². The van der Waals surface area contributed by atoms with Crippen LogP contribution in [0, 0.1) is 45.3 Å². The first-order valence-corrected chi connectivity index (χ1v) is 28.1. The van der Waals surface area contributed by atoms with E-state index >= 15 is 0 Å². The third kappa shape index (κ3) is 5.29. The summed E-state index contributed by atoms with van der Waals surface area (Å²) in [5.41, 5.74) is 1.29. The monoisotopic (exact) mass is 961 g/mol. The summed E-state index contributed by atoms with van der Waals surface area (Å²) >= 11 is 0. The fraction of sp³-hybridized carbons (Fsp3) is 0.800. The molecule has 2 unspecified atom stereocenters. The Balaban J connectivity index is 0.789. The molecule has 8 saturated carbocycles. The molecule has 4 spiro atoms. The molecule has 70 heavy (non-hydrogen) atoms. The molecule has 14 aliphatic rings. The van der Waals surface area contributed by atoms with Crippen molar-refractivity contribution >= 4 is 0 Å². The van der Waals surface area contributed by atoms with Gasteiger partial charge < -0.3 is 38.6 Å². The van der Waals surface area contributed by atoms with E-state index in [2.05, 4.69) is 89.5 Å². The summed E-state index contributed by atoms with van der Waals surface area (Å²) in [7, 11) is 3.78. The molecule has 0 amide bonds. The number of nitrogens with zero attached hydrogens (tertiary/aromatic N) is 2. The van der Waals surface area contributed by atoms with Crippen molar-refractivity contribution in [2.24, 2.45) is 45.3 Å². The number of rotatable bonds is 13. The lowest BCUT2D eigenvalue weighted by Crippen LogP contribution is -2.83. The zero-order valence-electron chi connectivity index (χ0n) is 44.3. The van der Waals surface area contributed by atoms with Crippen LogP contribution in [-0.4, -0.2) is 120 Å². The molecule has 4 aliphatic heterocycles. The van der Waals surface area contributed by atoms with Crippen LogP contribution < -0.4 is 18.9 Å². The van der Waals surface area contributed by atoms with E-state index < -0.39 is 22.4 Å². The van der Waals surface area contributed by atoms with Gasteiger partial charge >= 0.3 is 0 Å². The van der Waals surface area contributed by atoms with Gasteiger partial charge in [-0.3, -0.25) is 9.80 Å². The summed E-state index contributed by atoms with van der Waals surface area (Å²) in [6.07, 6.45) is 15.0. The standard InChI is InChI=1S/C60H84N2O8/c1-51(2,3)53(7,63)41-31-55-19-21-59(41,65-9)49-57(55)23-25-61(33-35-11-12-35)43(55)29-37-15-17-39(47(69-49)45(37)57)67-27-28-68-40-18-16-38-30-44-56-20-22-60(66-10,42(32-56)54(8,64)52(4,5)6)50-58(56,46(38)48(40)70-50)24-26-62(44)34-36-13-14-36/h15-18,35-36,41-44,49-50,63-64H,11-14,19-34H2,1-10H3/t41-,42-,43-,44-,49-,50-,53+,54+,55-,56-,57+,58+,59?,60?/m1/s1. The maximum Gasteiger partial charge on any atom is 0.165 e. The molecule has 16 rings (SSSR count).